The predicted octanol–water partition coefficient (Wildman–Crippen LogP) is 12.2. The number of nitrogens with zero attached hydrogens (tertiary/aromatic N) is 2. The van der Waals surface area contributed by atoms with Gasteiger partial charge in [0.15, 0.2) is 0 Å². The number of aliphatic hydroxyl groups is 1. The summed E-state index contributed by atoms with van der Waals surface area (Å²) in [5, 5.41) is 19.0. The lowest BCUT2D eigenvalue weighted by atomic mass is 9.89. The van der Waals surface area contributed by atoms with Gasteiger partial charge in [0, 0.05) is 28.5 Å². The lowest BCUT2D eigenvalue weighted by Crippen LogP contribution is -2.25. The SMILES string of the molecule is CCCCCC(CC)/C(=N\OC(O)c1ccccc1)C(=O)c1ccc(OCCCCCCOc2ccc(C(=O)/C(=N/OC(=O)c3ccccc3)C(CC)CCCC)cc2)cc1. The Kier molecular flexibility index (Phi) is 21.5. The van der Waals surface area contributed by atoms with Crippen LogP contribution < -0.4 is 9.47 Å². The van der Waals surface area contributed by atoms with Crippen LogP contribution in [0, 0.1) is 11.8 Å². The molecule has 0 aliphatic heterocycles. The average molecular weight is 833 g/mol. The fourth-order valence-corrected chi connectivity index (χ4v) is 6.90. The molecule has 0 saturated heterocycles. The molecule has 1 N–H and O–H groups in total. The Bertz CT molecular complexity index is 1950. The van der Waals surface area contributed by atoms with E-state index in [-0.39, 0.29) is 29.1 Å². The van der Waals surface area contributed by atoms with Crippen LogP contribution in [0.2, 0.25) is 0 Å². The Hall–Kier alpha value is -5.61. The van der Waals surface area contributed by atoms with Crippen LogP contribution in [0.1, 0.15) is 154 Å². The van der Waals surface area contributed by atoms with Gasteiger partial charge in [0.05, 0.1) is 18.8 Å². The van der Waals surface area contributed by atoms with E-state index in [9.17, 15) is 19.5 Å². The topological polar surface area (TPSA) is 133 Å². The molecule has 0 aliphatic rings. The number of benzene rings is 4. The summed E-state index contributed by atoms with van der Waals surface area (Å²) in [5.41, 5.74) is 2.47. The van der Waals surface area contributed by atoms with Crippen molar-refractivity contribution in [3.8, 4) is 11.5 Å². The molecule has 10 heteroatoms. The first-order chi connectivity index (χ1) is 29.8. The third kappa shape index (κ3) is 16.1. The second-order valence-electron chi connectivity index (χ2n) is 15.2. The maximum absolute atomic E-state index is 13.7. The third-order valence-electron chi connectivity index (χ3n) is 10.7. The second-order valence-corrected chi connectivity index (χ2v) is 15.2. The van der Waals surface area contributed by atoms with E-state index in [2.05, 4.69) is 24.2 Å². The van der Waals surface area contributed by atoms with Gasteiger partial charge in [-0.25, -0.2) is 4.79 Å². The Labute approximate surface area is 362 Å². The standard InChI is InChI=1S/C51H64N2O8/c1-5-9-15-23-39(8-4)47(53-61-51(57)43-26-18-14-19-27-43)49(55)41-30-34-45(35-31-41)59-37-21-12-11-20-36-58-44-32-28-40(29-33-44)48(54)46(38(7-3)22-10-6-2)52-60-50(56)42-24-16-13-17-25-42/h13-14,16-19,24-35,38-39,51,57H,5-12,15,20-23,36-37H2,1-4H3/b52-46+,53-47+. The molecule has 0 bridgehead atoms. The number of aliphatic hydroxyl groups excluding tert-OH is 1. The minimum atomic E-state index is -1.27. The van der Waals surface area contributed by atoms with Crippen LogP contribution in [-0.4, -0.2) is 47.3 Å². The van der Waals surface area contributed by atoms with E-state index < -0.39 is 12.3 Å². The highest BCUT2D eigenvalue weighted by atomic mass is 16.7. The summed E-state index contributed by atoms with van der Waals surface area (Å²) >= 11 is 0. The molecule has 0 radical (unpaired) electrons. The molecule has 0 aromatic heterocycles. The number of carbonyl (C=O) groups is 3. The molecule has 0 aliphatic carbocycles. The normalized spacial score (nSPS) is 13.2. The zero-order valence-corrected chi connectivity index (χ0v) is 36.4. The number of oxime groups is 2. The van der Waals surface area contributed by atoms with Crippen LogP contribution in [0.5, 0.6) is 11.5 Å². The molecule has 0 heterocycles. The Morgan fingerprint density at radius 1 is 0.525 bits per heavy atom. The molecule has 10 nitrogen and oxygen atoms in total. The van der Waals surface area contributed by atoms with E-state index in [1.165, 1.54) is 0 Å². The summed E-state index contributed by atoms with van der Waals surface area (Å²) in [6.45, 7) is 9.39. The van der Waals surface area contributed by atoms with E-state index in [1.807, 2.05) is 38.1 Å². The van der Waals surface area contributed by atoms with Crippen molar-refractivity contribution in [1.29, 1.82) is 0 Å². The minimum Gasteiger partial charge on any atom is -0.494 e. The summed E-state index contributed by atoms with van der Waals surface area (Å²) in [5.74, 6) is 0.0625. The highest BCUT2D eigenvalue weighted by Crippen LogP contribution is 2.24. The van der Waals surface area contributed by atoms with E-state index in [0.717, 1.165) is 77.0 Å². The van der Waals surface area contributed by atoms with E-state index in [4.69, 9.17) is 19.1 Å². The number of ketones is 2. The molecule has 0 spiro atoms. The second kappa shape index (κ2) is 27.3. The average Bonchev–Trinajstić information content (AvgIpc) is 3.30. The molecule has 0 fully saturated rings. The van der Waals surface area contributed by atoms with Crippen LogP contribution >= 0.6 is 0 Å². The molecule has 61 heavy (non-hydrogen) atoms. The van der Waals surface area contributed by atoms with Crippen molar-refractivity contribution in [2.75, 3.05) is 13.2 Å². The number of Topliss-reactive ketones (excluding diaryl/α,β-unsaturated/α-hetero) is 2. The highest BCUT2D eigenvalue weighted by Gasteiger charge is 2.26. The molecule has 326 valence electrons. The molecular weight excluding hydrogens is 769 g/mol. The summed E-state index contributed by atoms with van der Waals surface area (Å²) in [6, 6.07) is 31.8. The predicted molar refractivity (Wildman–Crippen MR) is 241 cm³/mol. The zero-order chi connectivity index (χ0) is 43.7. The number of rotatable bonds is 29. The quantitative estimate of drug-likeness (QED) is 0.0143. The molecule has 4 aromatic rings. The van der Waals surface area contributed by atoms with Crippen LogP contribution in [0.15, 0.2) is 120 Å². The van der Waals surface area contributed by atoms with Crippen molar-refractivity contribution >= 4 is 29.0 Å². The van der Waals surface area contributed by atoms with Gasteiger partial charge in [0.2, 0.25) is 11.6 Å². The van der Waals surface area contributed by atoms with Gasteiger partial charge in [-0.2, -0.15) is 0 Å². The van der Waals surface area contributed by atoms with Crippen LogP contribution in [-0.2, 0) is 9.68 Å². The first-order valence-corrected chi connectivity index (χ1v) is 22.1. The maximum atomic E-state index is 13.7. The van der Waals surface area contributed by atoms with Gasteiger partial charge in [-0.1, -0.05) is 119 Å². The zero-order valence-electron chi connectivity index (χ0n) is 36.4. The van der Waals surface area contributed by atoms with E-state index >= 15 is 0 Å². The maximum Gasteiger partial charge on any atom is 0.365 e. The number of unbranched alkanes of at least 4 members (excludes halogenated alkanes) is 6. The summed E-state index contributed by atoms with van der Waals surface area (Å²) in [7, 11) is 0. The third-order valence-corrected chi connectivity index (χ3v) is 10.7. The molecule has 3 unspecified atom stereocenters. The Morgan fingerprint density at radius 2 is 1.00 bits per heavy atom. The fraction of sp³-hybridized carbons (Fsp3) is 0.431. The summed E-state index contributed by atoms with van der Waals surface area (Å²) in [6.07, 6.45) is 10.5. The van der Waals surface area contributed by atoms with Crippen LogP contribution in [0.3, 0.4) is 0 Å². The molecule has 0 saturated carbocycles. The largest absolute Gasteiger partial charge is 0.494 e. The van der Waals surface area contributed by atoms with Gasteiger partial charge in [0.25, 0.3) is 6.29 Å². The van der Waals surface area contributed by atoms with E-state index in [1.54, 1.807) is 84.9 Å². The van der Waals surface area contributed by atoms with Crippen molar-refractivity contribution in [3.05, 3.63) is 131 Å². The number of hydrogen-bond acceptors (Lipinski definition) is 10. The minimum absolute atomic E-state index is 0.0892. The first-order valence-electron chi connectivity index (χ1n) is 22.1. The smallest absolute Gasteiger partial charge is 0.365 e. The first kappa shape index (κ1) is 48.1. The van der Waals surface area contributed by atoms with Gasteiger partial charge in [-0.3, -0.25) is 9.59 Å². The van der Waals surface area contributed by atoms with Crippen molar-refractivity contribution in [3.63, 3.8) is 0 Å². The number of carbonyl (C=O) groups excluding carboxylic acids is 3. The molecular formula is C51H64N2O8. The molecule has 4 aromatic carbocycles. The van der Waals surface area contributed by atoms with Crippen LogP contribution in [0.25, 0.3) is 0 Å². The van der Waals surface area contributed by atoms with Crippen molar-refractivity contribution in [2.45, 2.75) is 117 Å². The number of hydrogen-bond donors (Lipinski definition) is 1. The molecule has 3 atom stereocenters. The van der Waals surface area contributed by atoms with Crippen molar-refractivity contribution in [2.24, 2.45) is 22.1 Å². The van der Waals surface area contributed by atoms with Gasteiger partial charge >= 0.3 is 5.97 Å². The van der Waals surface area contributed by atoms with Crippen molar-refractivity contribution in [1.82, 2.24) is 0 Å². The summed E-state index contributed by atoms with van der Waals surface area (Å²) < 4.78 is 12.0. The lowest BCUT2D eigenvalue weighted by molar-refractivity contribution is -0.102. The Balaban J connectivity index is 1.22. The number of ether oxygens (including phenoxy) is 2. The van der Waals surface area contributed by atoms with Gasteiger partial charge in [-0.15, -0.1) is 0 Å². The van der Waals surface area contributed by atoms with Gasteiger partial charge in [0.1, 0.15) is 22.9 Å². The Morgan fingerprint density at radius 3 is 1.49 bits per heavy atom. The van der Waals surface area contributed by atoms with Gasteiger partial charge in [-0.05, 0) is 112 Å². The monoisotopic (exact) mass is 832 g/mol. The van der Waals surface area contributed by atoms with Crippen molar-refractivity contribution < 1.29 is 38.6 Å². The van der Waals surface area contributed by atoms with Gasteiger partial charge < -0.3 is 24.3 Å². The molecule has 0 amide bonds. The molecule has 4 rings (SSSR count). The van der Waals surface area contributed by atoms with Crippen LogP contribution in [0.4, 0.5) is 0 Å². The summed E-state index contributed by atoms with van der Waals surface area (Å²) in [4.78, 5) is 50.8. The highest BCUT2D eigenvalue weighted by molar-refractivity contribution is 6.47. The lowest BCUT2D eigenvalue weighted by Gasteiger charge is -2.18. The van der Waals surface area contributed by atoms with E-state index in [0.29, 0.717) is 59.1 Å². The fourth-order valence-electron chi connectivity index (χ4n) is 6.90.